The molecule has 2 aliphatic heterocycles. The van der Waals surface area contributed by atoms with Crippen LogP contribution in [0.2, 0.25) is 0 Å². The Kier molecular flexibility index (Phi) is 10.4. The number of fused-ring (bicyclic) bond motifs is 1. The number of carbonyl (C=O) groups is 2. The summed E-state index contributed by atoms with van der Waals surface area (Å²) in [7, 11) is -3.28. The van der Waals surface area contributed by atoms with Gasteiger partial charge in [0.25, 0.3) is 0 Å². The molecular formula is C31H49N3O6S. The molecule has 1 aromatic rings. The molecule has 41 heavy (non-hydrogen) atoms. The lowest BCUT2D eigenvalue weighted by Gasteiger charge is -2.47. The van der Waals surface area contributed by atoms with E-state index in [1.54, 1.807) is 6.92 Å². The maximum Gasteiger partial charge on any atom is 0.407 e. The number of ether oxygens (including phenoxy) is 1. The summed E-state index contributed by atoms with van der Waals surface area (Å²) in [5.41, 5.74) is 0.579. The number of rotatable bonds is 9. The summed E-state index contributed by atoms with van der Waals surface area (Å²) in [6.45, 7) is 8.68. The Labute approximate surface area is 245 Å². The minimum atomic E-state index is -3.28. The fraction of sp³-hybridized carbons (Fsp3) is 0.742. The molecule has 3 N–H and O–H groups in total. The van der Waals surface area contributed by atoms with Crippen molar-refractivity contribution < 1.29 is 27.9 Å². The number of hydrogen-bond acceptors (Lipinski definition) is 7. The summed E-state index contributed by atoms with van der Waals surface area (Å²) in [6, 6.07) is 8.59. The van der Waals surface area contributed by atoms with Crippen LogP contribution >= 0.6 is 0 Å². The number of likely N-dealkylation sites (tertiary alicyclic amines) is 1. The summed E-state index contributed by atoms with van der Waals surface area (Å²) in [5, 5.41) is 16.9. The minimum Gasteiger partial charge on any atom is -0.445 e. The summed E-state index contributed by atoms with van der Waals surface area (Å²) < 4.78 is 30.3. The van der Waals surface area contributed by atoms with Crippen LogP contribution in [0.3, 0.4) is 0 Å². The number of β-amino-alcohol motifs (C(OH)–C–C–N with tert-alkyl or cyclic N) is 1. The lowest BCUT2D eigenvalue weighted by Crippen LogP contribution is -2.60. The Balaban J connectivity index is 1.50. The van der Waals surface area contributed by atoms with Crippen LogP contribution < -0.4 is 10.6 Å². The van der Waals surface area contributed by atoms with Gasteiger partial charge in [-0.3, -0.25) is 9.69 Å². The second-order valence-corrected chi connectivity index (χ2v) is 15.6. The van der Waals surface area contributed by atoms with Crippen LogP contribution in [0.5, 0.6) is 0 Å². The number of benzene rings is 1. The van der Waals surface area contributed by atoms with Gasteiger partial charge in [-0.25, -0.2) is 13.2 Å². The lowest BCUT2D eigenvalue weighted by molar-refractivity contribution is -0.132. The molecule has 0 radical (unpaired) electrons. The van der Waals surface area contributed by atoms with Gasteiger partial charge in [0.1, 0.15) is 6.10 Å². The molecule has 0 bridgehead atoms. The molecule has 2 heterocycles. The van der Waals surface area contributed by atoms with Crippen molar-refractivity contribution >= 4 is 21.8 Å². The van der Waals surface area contributed by atoms with Crippen molar-refractivity contribution in [2.24, 2.45) is 11.8 Å². The third-order valence-electron chi connectivity index (χ3n) is 9.01. The molecular weight excluding hydrogens is 542 g/mol. The zero-order valence-corrected chi connectivity index (χ0v) is 25.9. The molecule has 230 valence electrons. The van der Waals surface area contributed by atoms with Crippen molar-refractivity contribution in [3.63, 3.8) is 0 Å². The maximum atomic E-state index is 13.5. The Morgan fingerprint density at radius 3 is 2.44 bits per heavy atom. The average molecular weight is 592 g/mol. The Bertz CT molecular complexity index is 1140. The zero-order chi connectivity index (χ0) is 29.8. The molecule has 0 spiro atoms. The van der Waals surface area contributed by atoms with Gasteiger partial charge < -0.3 is 20.5 Å². The Hall–Kier alpha value is -2.17. The summed E-state index contributed by atoms with van der Waals surface area (Å²) in [5.74, 6) is 0.994. The molecule has 2 saturated heterocycles. The molecule has 4 rings (SSSR count). The van der Waals surface area contributed by atoms with Crippen molar-refractivity contribution in [3.8, 4) is 0 Å². The molecule has 10 heteroatoms. The number of sulfone groups is 1. The minimum absolute atomic E-state index is 0.00859. The molecule has 2 amide bonds. The predicted octanol–water partition coefficient (Wildman–Crippen LogP) is 3.45. The standard InChI is InChI=1S/C31H49N3O6S/c1-5-28-27(15-16-41(28,38)39)40-30(37)32-24(17-21-11-7-6-8-12-21)26(35)20-34-19-23-14-10-9-13-22(23)18-25(34)29(36)33-31(2,3)4/h6-8,11-12,22-28,35H,5,9-10,13-20H2,1-4H3,(H,32,37)(H,33,36)/t22-,23+,24-,25?,26+,27+,28+/m0/s1. The Morgan fingerprint density at radius 1 is 1.10 bits per heavy atom. The van der Waals surface area contributed by atoms with E-state index in [2.05, 4.69) is 15.5 Å². The van der Waals surface area contributed by atoms with Gasteiger partial charge in [-0.1, -0.05) is 56.5 Å². The van der Waals surface area contributed by atoms with Gasteiger partial charge in [0.05, 0.1) is 29.2 Å². The smallest absolute Gasteiger partial charge is 0.407 e. The van der Waals surface area contributed by atoms with Crippen LogP contribution in [0.4, 0.5) is 4.79 Å². The Morgan fingerprint density at radius 2 is 1.78 bits per heavy atom. The van der Waals surface area contributed by atoms with Crippen LogP contribution in [0.1, 0.15) is 78.2 Å². The number of alkyl carbamates (subject to hydrolysis) is 1. The van der Waals surface area contributed by atoms with Gasteiger partial charge in [-0.15, -0.1) is 0 Å². The fourth-order valence-electron chi connectivity index (χ4n) is 6.97. The van der Waals surface area contributed by atoms with Gasteiger partial charge in [-0.2, -0.15) is 0 Å². The van der Waals surface area contributed by atoms with Gasteiger partial charge in [0.2, 0.25) is 5.91 Å². The van der Waals surface area contributed by atoms with Gasteiger partial charge in [0, 0.05) is 18.6 Å². The second-order valence-electron chi connectivity index (χ2n) is 13.3. The number of nitrogens with one attached hydrogen (secondary N) is 2. The van der Waals surface area contributed by atoms with Crippen molar-refractivity contribution in [3.05, 3.63) is 35.9 Å². The average Bonchev–Trinajstić information content (AvgIpc) is 3.19. The third kappa shape index (κ3) is 8.45. The van der Waals surface area contributed by atoms with E-state index >= 15 is 0 Å². The van der Waals surface area contributed by atoms with E-state index in [9.17, 15) is 23.1 Å². The molecule has 7 atom stereocenters. The third-order valence-corrected chi connectivity index (χ3v) is 11.4. The van der Waals surface area contributed by atoms with E-state index in [1.165, 1.54) is 12.8 Å². The molecule has 9 nitrogen and oxygen atoms in total. The van der Waals surface area contributed by atoms with E-state index in [1.807, 2.05) is 51.1 Å². The first-order chi connectivity index (χ1) is 19.4. The first-order valence-electron chi connectivity index (χ1n) is 15.3. The van der Waals surface area contributed by atoms with E-state index in [0.29, 0.717) is 24.7 Å². The molecule has 0 aromatic heterocycles. The first-order valence-corrected chi connectivity index (χ1v) is 17.0. The van der Waals surface area contributed by atoms with Gasteiger partial charge >= 0.3 is 6.09 Å². The van der Waals surface area contributed by atoms with Gasteiger partial charge in [-0.05, 0) is 70.3 Å². The number of carbonyl (C=O) groups excluding carboxylic acids is 2. The monoisotopic (exact) mass is 591 g/mol. The van der Waals surface area contributed by atoms with Crippen molar-refractivity contribution in [1.29, 1.82) is 0 Å². The van der Waals surface area contributed by atoms with Crippen LogP contribution in [0, 0.1) is 11.8 Å². The number of hydrogen-bond donors (Lipinski definition) is 3. The number of aliphatic hydroxyl groups excluding tert-OH is 1. The molecule has 3 aliphatic rings. The number of amides is 2. The quantitative estimate of drug-likeness (QED) is 0.402. The zero-order valence-electron chi connectivity index (χ0n) is 25.1. The highest BCUT2D eigenvalue weighted by atomic mass is 32.2. The van der Waals surface area contributed by atoms with Crippen molar-refractivity contribution in [2.45, 2.75) is 114 Å². The SMILES string of the molecule is CC[C@@H]1[C@H](OC(=O)N[C@@H](Cc2ccccc2)[C@H](O)CN2C[C@H]3CCCC[C@H]3CC2C(=O)NC(C)(C)C)CCS1(=O)=O. The highest BCUT2D eigenvalue weighted by Crippen LogP contribution is 2.39. The molecule has 1 aliphatic carbocycles. The topological polar surface area (TPSA) is 125 Å². The highest BCUT2D eigenvalue weighted by Gasteiger charge is 2.43. The first kappa shape index (κ1) is 31.8. The van der Waals surface area contributed by atoms with Crippen molar-refractivity contribution in [2.75, 3.05) is 18.8 Å². The van der Waals surface area contributed by atoms with Gasteiger partial charge in [0.15, 0.2) is 9.84 Å². The summed E-state index contributed by atoms with van der Waals surface area (Å²) >= 11 is 0. The molecule has 1 unspecified atom stereocenters. The molecule has 1 saturated carbocycles. The molecule has 3 fully saturated rings. The lowest BCUT2D eigenvalue weighted by atomic mass is 9.72. The maximum absolute atomic E-state index is 13.5. The summed E-state index contributed by atoms with van der Waals surface area (Å²) in [4.78, 5) is 28.6. The highest BCUT2D eigenvalue weighted by molar-refractivity contribution is 7.92. The van der Waals surface area contributed by atoms with E-state index in [0.717, 1.165) is 31.4 Å². The number of piperidine rings is 1. The number of nitrogens with zero attached hydrogens (tertiary/aromatic N) is 1. The second kappa shape index (κ2) is 13.4. The van der Waals surface area contributed by atoms with Crippen LogP contribution in [0.25, 0.3) is 0 Å². The van der Waals surface area contributed by atoms with Crippen LogP contribution in [-0.4, -0.2) is 84.3 Å². The van der Waals surface area contributed by atoms with E-state index < -0.39 is 39.4 Å². The summed E-state index contributed by atoms with van der Waals surface area (Å²) in [6.07, 6.45) is 4.07. The van der Waals surface area contributed by atoms with Crippen molar-refractivity contribution in [1.82, 2.24) is 15.5 Å². The van der Waals surface area contributed by atoms with E-state index in [4.69, 9.17) is 4.74 Å². The largest absolute Gasteiger partial charge is 0.445 e. The normalized spacial score (nSPS) is 29.6. The molecule has 1 aromatic carbocycles. The van der Waals surface area contributed by atoms with Crippen LogP contribution in [-0.2, 0) is 25.8 Å². The van der Waals surface area contributed by atoms with E-state index in [-0.39, 0.29) is 36.2 Å². The number of aliphatic hydroxyl groups is 1. The predicted molar refractivity (Wildman–Crippen MR) is 159 cm³/mol. The fourth-order valence-corrected chi connectivity index (χ4v) is 8.99. The van der Waals surface area contributed by atoms with Crippen LogP contribution in [0.15, 0.2) is 30.3 Å².